The van der Waals surface area contributed by atoms with E-state index in [-0.39, 0.29) is 6.04 Å². The van der Waals surface area contributed by atoms with Gasteiger partial charge in [-0.2, -0.15) is 5.10 Å². The summed E-state index contributed by atoms with van der Waals surface area (Å²) >= 11 is 5.75. The van der Waals surface area contributed by atoms with Crippen LogP contribution in [-0.2, 0) is 16.7 Å². The number of sulfonamides is 1. The van der Waals surface area contributed by atoms with E-state index >= 15 is 0 Å². The molecule has 29 heavy (non-hydrogen) atoms. The van der Waals surface area contributed by atoms with Crippen molar-refractivity contribution in [2.45, 2.75) is 32.5 Å². The Bertz CT molecular complexity index is 1230. The van der Waals surface area contributed by atoms with Crippen molar-refractivity contribution in [3.8, 4) is 5.75 Å². The summed E-state index contributed by atoms with van der Waals surface area (Å²) in [5.74, 6) is 0.768. The summed E-state index contributed by atoms with van der Waals surface area (Å²) in [5, 5.41) is 5.83. The lowest BCUT2D eigenvalue weighted by Crippen LogP contribution is -2.47. The summed E-state index contributed by atoms with van der Waals surface area (Å²) in [6.45, 7) is 4.09. The molecule has 0 bridgehead atoms. The van der Waals surface area contributed by atoms with Crippen molar-refractivity contribution in [3.63, 3.8) is 0 Å². The molecule has 1 aromatic carbocycles. The predicted molar refractivity (Wildman–Crippen MR) is 115 cm³/mol. The van der Waals surface area contributed by atoms with Gasteiger partial charge in [0.25, 0.3) is 0 Å². The first-order valence-electron chi connectivity index (χ1n) is 9.52. The number of hydrogen-bond donors (Lipinski definition) is 1. The quantitative estimate of drug-likeness (QED) is 0.620. The van der Waals surface area contributed by atoms with Crippen LogP contribution in [0, 0.1) is 11.7 Å². The monoisotopic (exact) mass is 435 g/mol. The first kappa shape index (κ1) is 20.3. The van der Waals surface area contributed by atoms with Crippen molar-refractivity contribution < 1.29 is 13.2 Å². The number of nitrogens with zero attached hydrogens (tertiary/aromatic N) is 4. The van der Waals surface area contributed by atoms with Crippen molar-refractivity contribution in [2.24, 2.45) is 0 Å². The molecule has 0 radical (unpaired) electrons. The summed E-state index contributed by atoms with van der Waals surface area (Å²) in [6.07, 6.45) is 2.96. The number of ether oxygens (including phenoxy) is 1. The van der Waals surface area contributed by atoms with Gasteiger partial charge < -0.3 is 4.74 Å². The molecule has 10 heteroatoms. The van der Waals surface area contributed by atoms with Crippen LogP contribution in [0.4, 0.5) is 0 Å². The summed E-state index contributed by atoms with van der Waals surface area (Å²) in [5.41, 5.74) is 2.87. The van der Waals surface area contributed by atoms with E-state index in [9.17, 15) is 8.42 Å². The summed E-state index contributed by atoms with van der Waals surface area (Å²) < 4.78 is 35.6. The van der Waals surface area contributed by atoms with Crippen molar-refractivity contribution in [3.05, 3.63) is 34.6 Å². The fraction of sp³-hybridized carbons (Fsp3) is 0.474. The van der Waals surface area contributed by atoms with Crippen LogP contribution in [0.15, 0.2) is 24.3 Å². The third-order valence-electron chi connectivity index (χ3n) is 5.30. The molecule has 156 valence electrons. The second-order valence-corrected chi connectivity index (χ2v) is 9.78. The minimum Gasteiger partial charge on any atom is -0.497 e. The molecule has 1 unspecified atom stereocenters. The van der Waals surface area contributed by atoms with Crippen LogP contribution in [0.25, 0.3) is 16.6 Å². The first-order chi connectivity index (χ1) is 13.7. The SMILES string of the molecule is COc1ccc2c(C)cc3nn(CN4CCCC(NS(C)(=O)=O)C4)c(=S)n3c2c1. The highest BCUT2D eigenvalue weighted by atomic mass is 32.2. The molecule has 4 rings (SSSR count). The highest BCUT2D eigenvalue weighted by Crippen LogP contribution is 2.26. The van der Waals surface area contributed by atoms with Gasteiger partial charge in [-0.15, -0.1) is 0 Å². The number of likely N-dealkylation sites (tertiary alicyclic amines) is 1. The molecule has 1 atom stereocenters. The average Bonchev–Trinajstić information content (AvgIpc) is 2.95. The lowest BCUT2D eigenvalue weighted by Gasteiger charge is -2.32. The zero-order valence-corrected chi connectivity index (χ0v) is 18.4. The number of aryl methyl sites for hydroxylation is 1. The third kappa shape index (κ3) is 4.16. The Hall–Kier alpha value is -2.01. The second kappa shape index (κ2) is 7.67. The summed E-state index contributed by atoms with van der Waals surface area (Å²) in [6, 6.07) is 7.90. The van der Waals surface area contributed by atoms with E-state index in [2.05, 4.69) is 16.5 Å². The van der Waals surface area contributed by atoms with Crippen molar-refractivity contribution in [1.82, 2.24) is 23.8 Å². The zero-order chi connectivity index (χ0) is 20.8. The summed E-state index contributed by atoms with van der Waals surface area (Å²) in [7, 11) is -1.57. The molecule has 8 nitrogen and oxygen atoms in total. The fourth-order valence-corrected chi connectivity index (χ4v) is 5.13. The van der Waals surface area contributed by atoms with Crippen LogP contribution in [0.5, 0.6) is 5.75 Å². The van der Waals surface area contributed by atoms with Gasteiger partial charge in [-0.3, -0.25) is 9.30 Å². The number of hydrogen-bond acceptors (Lipinski definition) is 6. The number of fused-ring (bicyclic) bond motifs is 3. The minimum atomic E-state index is -3.22. The smallest absolute Gasteiger partial charge is 0.208 e. The predicted octanol–water partition coefficient (Wildman–Crippen LogP) is 2.31. The topological polar surface area (TPSA) is 80.9 Å². The Morgan fingerprint density at radius 2 is 2.14 bits per heavy atom. The summed E-state index contributed by atoms with van der Waals surface area (Å²) in [4.78, 5) is 2.18. The molecular weight excluding hydrogens is 410 g/mol. The number of benzene rings is 1. The van der Waals surface area contributed by atoms with E-state index in [1.807, 2.05) is 33.3 Å². The number of piperidine rings is 1. The van der Waals surface area contributed by atoms with Crippen molar-refractivity contribution in [2.75, 3.05) is 26.5 Å². The molecular formula is C19H25N5O3S2. The molecule has 3 heterocycles. The Morgan fingerprint density at radius 3 is 2.86 bits per heavy atom. The number of methoxy groups -OCH3 is 1. The molecule has 1 saturated heterocycles. The number of pyridine rings is 1. The maximum absolute atomic E-state index is 11.6. The molecule has 1 aliphatic rings. The average molecular weight is 436 g/mol. The van der Waals surface area contributed by atoms with Gasteiger partial charge in [0.05, 0.1) is 25.6 Å². The van der Waals surface area contributed by atoms with Crippen LogP contribution >= 0.6 is 12.2 Å². The molecule has 3 aromatic rings. The largest absolute Gasteiger partial charge is 0.497 e. The molecule has 0 spiro atoms. The standard InChI is InChI=1S/C19H25N5O3S2/c1-13-9-18-20-23(12-22-8-4-5-14(11-22)21-29(3,25)26)19(28)24(18)17-10-15(27-2)6-7-16(13)17/h6-7,9-10,14,21H,4-5,8,11-12H2,1-3H3. The number of nitrogens with one attached hydrogen (secondary N) is 1. The first-order valence-corrected chi connectivity index (χ1v) is 11.8. The normalized spacial score (nSPS) is 18.5. The van der Waals surface area contributed by atoms with E-state index in [0.29, 0.717) is 18.0 Å². The van der Waals surface area contributed by atoms with Gasteiger partial charge in [0.2, 0.25) is 14.8 Å². The number of aromatic nitrogens is 3. The maximum atomic E-state index is 11.6. The van der Waals surface area contributed by atoms with Crippen LogP contribution in [0.3, 0.4) is 0 Å². The van der Waals surface area contributed by atoms with E-state index in [1.165, 1.54) is 6.26 Å². The van der Waals surface area contributed by atoms with Crippen LogP contribution in [0.2, 0.25) is 0 Å². The van der Waals surface area contributed by atoms with Gasteiger partial charge in [-0.25, -0.2) is 17.8 Å². The van der Waals surface area contributed by atoms with Gasteiger partial charge in [0, 0.05) is 30.6 Å². The molecule has 0 saturated carbocycles. The van der Waals surface area contributed by atoms with Gasteiger partial charge in [0.1, 0.15) is 5.75 Å². The van der Waals surface area contributed by atoms with Crippen molar-refractivity contribution in [1.29, 1.82) is 0 Å². The molecule has 0 amide bonds. The Morgan fingerprint density at radius 1 is 1.34 bits per heavy atom. The fourth-order valence-electron chi connectivity index (χ4n) is 4.04. The van der Waals surface area contributed by atoms with E-state index in [0.717, 1.165) is 47.2 Å². The highest BCUT2D eigenvalue weighted by molar-refractivity contribution is 7.88. The lowest BCUT2D eigenvalue weighted by atomic mass is 10.1. The van der Waals surface area contributed by atoms with Crippen LogP contribution in [-0.4, -0.2) is 60.0 Å². The third-order valence-corrected chi connectivity index (χ3v) is 6.46. The van der Waals surface area contributed by atoms with Gasteiger partial charge in [-0.05, 0) is 55.7 Å². The maximum Gasteiger partial charge on any atom is 0.208 e. The molecule has 2 aromatic heterocycles. The molecule has 0 aliphatic carbocycles. The van der Waals surface area contributed by atoms with Crippen LogP contribution < -0.4 is 9.46 Å². The van der Waals surface area contributed by atoms with Gasteiger partial charge >= 0.3 is 0 Å². The molecule has 1 N–H and O–H groups in total. The van der Waals surface area contributed by atoms with E-state index < -0.39 is 10.0 Å². The number of rotatable bonds is 5. The van der Waals surface area contributed by atoms with Gasteiger partial charge in [-0.1, -0.05) is 0 Å². The zero-order valence-electron chi connectivity index (χ0n) is 16.8. The Kier molecular flexibility index (Phi) is 5.36. The van der Waals surface area contributed by atoms with E-state index in [1.54, 1.807) is 7.11 Å². The highest BCUT2D eigenvalue weighted by Gasteiger charge is 2.23. The molecule has 1 fully saturated rings. The minimum absolute atomic E-state index is 0.0858. The van der Waals surface area contributed by atoms with Crippen LogP contribution in [0.1, 0.15) is 18.4 Å². The van der Waals surface area contributed by atoms with Crippen molar-refractivity contribution >= 4 is 38.8 Å². The Labute approximate surface area is 175 Å². The lowest BCUT2D eigenvalue weighted by molar-refractivity contribution is 0.153. The Balaban J connectivity index is 1.69. The van der Waals surface area contributed by atoms with E-state index in [4.69, 9.17) is 22.1 Å². The second-order valence-electron chi connectivity index (χ2n) is 7.63. The van der Waals surface area contributed by atoms with Gasteiger partial charge in [0.15, 0.2) is 5.65 Å². The molecule has 1 aliphatic heterocycles.